The van der Waals surface area contributed by atoms with Crippen LogP contribution in [-0.2, 0) is 4.74 Å². The maximum Gasteiger partial charge on any atom is 0.338 e. The molecule has 1 unspecified atom stereocenters. The van der Waals surface area contributed by atoms with Crippen LogP contribution in [0.3, 0.4) is 0 Å². The van der Waals surface area contributed by atoms with E-state index in [2.05, 4.69) is 6.58 Å². The molecule has 3 aromatic carbocycles. The number of hydrogen-bond donors (Lipinski definition) is 0. The van der Waals surface area contributed by atoms with Gasteiger partial charge in [-0.05, 0) is 53.7 Å². The Morgan fingerprint density at radius 3 is 1.94 bits per heavy atom. The third kappa shape index (κ3) is 4.77. The van der Waals surface area contributed by atoms with E-state index in [1.54, 1.807) is 30.3 Å². The predicted molar refractivity (Wildman–Crippen MR) is 124 cm³/mol. The van der Waals surface area contributed by atoms with Gasteiger partial charge in [0, 0.05) is 11.1 Å². The molecule has 1 aliphatic carbocycles. The Labute approximate surface area is 191 Å². The van der Waals surface area contributed by atoms with Crippen molar-refractivity contribution in [3.8, 4) is 22.3 Å². The fraction of sp³-hybridized carbons (Fsp3) is 0.179. The number of benzene rings is 3. The molecule has 0 spiro atoms. The van der Waals surface area contributed by atoms with Crippen molar-refractivity contribution in [1.82, 2.24) is 0 Å². The fourth-order valence-corrected chi connectivity index (χ4v) is 3.91. The Hall–Kier alpha value is -3.60. The van der Waals surface area contributed by atoms with Crippen LogP contribution in [0.2, 0.25) is 0 Å². The number of halogens is 3. The van der Waals surface area contributed by atoms with Gasteiger partial charge in [-0.25, -0.2) is 18.0 Å². The van der Waals surface area contributed by atoms with Crippen LogP contribution in [-0.4, -0.2) is 12.1 Å². The molecule has 0 N–H and O–H groups in total. The van der Waals surface area contributed by atoms with Crippen molar-refractivity contribution in [2.45, 2.75) is 25.9 Å². The molecular formula is C28H23F3O2. The zero-order valence-electron chi connectivity index (χ0n) is 18.2. The Balaban J connectivity index is 1.53. The standard InChI is InChI=1S/C28H23F3O2/c1-3-18-5-7-19(8-6-18)22-13-14-23(27(31)26(22)30)20-9-11-21(12-10-20)28(32)33-25-15-4-17(2)16-24(25)29/h3,5-14,16-17,25H,1,4,15H2,2H3/t17-,25?/m0/s1. The highest BCUT2D eigenvalue weighted by Gasteiger charge is 2.25. The van der Waals surface area contributed by atoms with Gasteiger partial charge in [-0.1, -0.05) is 68.1 Å². The molecule has 0 saturated heterocycles. The van der Waals surface area contributed by atoms with Crippen molar-refractivity contribution < 1.29 is 22.7 Å². The molecule has 0 saturated carbocycles. The quantitative estimate of drug-likeness (QED) is 0.373. The number of hydrogen-bond acceptors (Lipinski definition) is 2. The Morgan fingerprint density at radius 2 is 1.42 bits per heavy atom. The van der Waals surface area contributed by atoms with Crippen LogP contribution in [0.4, 0.5) is 13.2 Å². The van der Waals surface area contributed by atoms with Gasteiger partial charge in [-0.2, -0.15) is 0 Å². The number of carbonyl (C=O) groups is 1. The molecule has 0 aliphatic heterocycles. The van der Waals surface area contributed by atoms with E-state index >= 15 is 0 Å². The normalized spacial score (nSPS) is 17.9. The van der Waals surface area contributed by atoms with Gasteiger partial charge < -0.3 is 4.74 Å². The highest BCUT2D eigenvalue weighted by molar-refractivity contribution is 5.90. The van der Waals surface area contributed by atoms with E-state index in [1.165, 1.54) is 42.5 Å². The predicted octanol–water partition coefficient (Wildman–Crippen LogP) is 7.75. The van der Waals surface area contributed by atoms with Gasteiger partial charge >= 0.3 is 5.97 Å². The van der Waals surface area contributed by atoms with Crippen LogP contribution in [0.15, 0.2) is 79.1 Å². The van der Waals surface area contributed by atoms with Crippen LogP contribution in [0, 0.1) is 17.6 Å². The first-order valence-electron chi connectivity index (χ1n) is 10.8. The summed E-state index contributed by atoms with van der Waals surface area (Å²) in [6.07, 6.45) is 3.43. The summed E-state index contributed by atoms with van der Waals surface area (Å²) in [4.78, 5) is 12.4. The Bertz CT molecular complexity index is 1210. The second-order valence-electron chi connectivity index (χ2n) is 8.19. The van der Waals surface area contributed by atoms with Gasteiger partial charge in [-0.15, -0.1) is 0 Å². The first kappa shape index (κ1) is 22.6. The third-order valence-corrected chi connectivity index (χ3v) is 5.86. The minimum absolute atomic E-state index is 0.0779. The van der Waals surface area contributed by atoms with Crippen LogP contribution < -0.4 is 0 Å². The first-order valence-corrected chi connectivity index (χ1v) is 10.8. The number of rotatable bonds is 5. The molecule has 0 radical (unpaired) electrons. The highest BCUT2D eigenvalue weighted by Crippen LogP contribution is 2.32. The number of allylic oxidation sites excluding steroid dienone is 1. The maximum atomic E-state index is 14.9. The molecule has 33 heavy (non-hydrogen) atoms. The lowest BCUT2D eigenvalue weighted by Gasteiger charge is -2.22. The summed E-state index contributed by atoms with van der Waals surface area (Å²) in [6, 6.07) is 16.0. The fourth-order valence-electron chi connectivity index (χ4n) is 3.91. The summed E-state index contributed by atoms with van der Waals surface area (Å²) >= 11 is 0. The molecule has 0 bridgehead atoms. The molecule has 1 aliphatic rings. The summed E-state index contributed by atoms with van der Waals surface area (Å²) in [5.74, 6) is -2.90. The molecule has 0 heterocycles. The topological polar surface area (TPSA) is 26.3 Å². The molecule has 2 atom stereocenters. The zero-order chi connectivity index (χ0) is 23.5. The smallest absolute Gasteiger partial charge is 0.338 e. The van der Waals surface area contributed by atoms with E-state index in [-0.39, 0.29) is 22.6 Å². The minimum atomic E-state index is -0.973. The Kier molecular flexibility index (Phi) is 6.50. The van der Waals surface area contributed by atoms with E-state index in [9.17, 15) is 18.0 Å². The average Bonchev–Trinajstić information content (AvgIpc) is 2.83. The second kappa shape index (κ2) is 9.49. The number of ether oxygens (including phenoxy) is 1. The number of carbonyl (C=O) groups excluding carboxylic acids is 1. The molecule has 168 valence electrons. The van der Waals surface area contributed by atoms with E-state index < -0.39 is 29.5 Å². The van der Waals surface area contributed by atoms with Gasteiger partial charge in [0.15, 0.2) is 17.7 Å². The van der Waals surface area contributed by atoms with E-state index in [0.717, 1.165) is 12.0 Å². The van der Waals surface area contributed by atoms with Crippen molar-refractivity contribution >= 4 is 12.0 Å². The molecule has 0 fully saturated rings. The first-order chi connectivity index (χ1) is 15.9. The summed E-state index contributed by atoms with van der Waals surface area (Å²) < 4.78 is 49.1. The Morgan fingerprint density at radius 1 is 0.879 bits per heavy atom. The van der Waals surface area contributed by atoms with Crippen LogP contribution >= 0.6 is 0 Å². The van der Waals surface area contributed by atoms with E-state index in [1.807, 2.05) is 6.92 Å². The number of esters is 1. The van der Waals surface area contributed by atoms with Gasteiger partial charge in [0.25, 0.3) is 0 Å². The van der Waals surface area contributed by atoms with Gasteiger partial charge in [0.2, 0.25) is 0 Å². The monoisotopic (exact) mass is 448 g/mol. The lowest BCUT2D eigenvalue weighted by molar-refractivity contribution is 0.0286. The summed E-state index contributed by atoms with van der Waals surface area (Å²) in [5.41, 5.74) is 2.30. The largest absolute Gasteiger partial charge is 0.451 e. The summed E-state index contributed by atoms with van der Waals surface area (Å²) in [6.45, 7) is 5.59. The zero-order valence-corrected chi connectivity index (χ0v) is 18.2. The third-order valence-electron chi connectivity index (χ3n) is 5.86. The van der Waals surface area contributed by atoms with Crippen molar-refractivity contribution in [2.75, 3.05) is 0 Å². The van der Waals surface area contributed by atoms with Gasteiger partial charge in [0.05, 0.1) is 5.56 Å². The molecule has 0 amide bonds. The molecule has 2 nitrogen and oxygen atoms in total. The van der Waals surface area contributed by atoms with Crippen LogP contribution in [0.1, 0.15) is 35.7 Å². The SMILES string of the molecule is C=Cc1ccc(-c2ccc(-c3ccc(C(=O)OC4CC[C@H](C)C=C4F)cc3)c(F)c2F)cc1. The molecule has 5 heteroatoms. The van der Waals surface area contributed by atoms with Crippen molar-refractivity contribution in [3.63, 3.8) is 0 Å². The second-order valence-corrected chi connectivity index (χ2v) is 8.19. The van der Waals surface area contributed by atoms with Crippen LogP contribution in [0.5, 0.6) is 0 Å². The van der Waals surface area contributed by atoms with Crippen molar-refractivity contribution in [1.29, 1.82) is 0 Å². The summed E-state index contributed by atoms with van der Waals surface area (Å²) in [7, 11) is 0. The maximum absolute atomic E-state index is 14.9. The van der Waals surface area contributed by atoms with Gasteiger partial charge in [0.1, 0.15) is 5.83 Å². The average molecular weight is 448 g/mol. The molecule has 3 aromatic rings. The van der Waals surface area contributed by atoms with Crippen molar-refractivity contribution in [2.24, 2.45) is 5.92 Å². The lowest BCUT2D eigenvalue weighted by Crippen LogP contribution is -2.23. The van der Waals surface area contributed by atoms with Crippen molar-refractivity contribution in [3.05, 3.63) is 102 Å². The molecular weight excluding hydrogens is 425 g/mol. The lowest BCUT2D eigenvalue weighted by atomic mass is 9.95. The van der Waals surface area contributed by atoms with E-state index in [4.69, 9.17) is 4.74 Å². The minimum Gasteiger partial charge on any atom is -0.451 e. The van der Waals surface area contributed by atoms with Crippen LogP contribution in [0.25, 0.3) is 28.3 Å². The molecule has 0 aromatic heterocycles. The van der Waals surface area contributed by atoms with Gasteiger partial charge in [-0.3, -0.25) is 0 Å². The highest BCUT2D eigenvalue weighted by atomic mass is 19.2. The van der Waals surface area contributed by atoms with E-state index in [0.29, 0.717) is 17.5 Å². The molecule has 4 rings (SSSR count). The summed E-state index contributed by atoms with van der Waals surface area (Å²) in [5, 5.41) is 0.